The molecule has 5 heteroatoms. The van der Waals surface area contributed by atoms with E-state index in [1.165, 1.54) is 30.9 Å². The lowest BCUT2D eigenvalue weighted by Crippen LogP contribution is -2.01. The number of rotatable bonds is 6. The van der Waals surface area contributed by atoms with E-state index in [1.807, 2.05) is 30.6 Å². The first-order valence-electron chi connectivity index (χ1n) is 9.58. The van der Waals surface area contributed by atoms with Crippen LogP contribution in [-0.2, 0) is 0 Å². The molecule has 0 aliphatic heterocycles. The molecule has 0 amide bonds. The maximum absolute atomic E-state index is 11.4. The van der Waals surface area contributed by atoms with Crippen molar-refractivity contribution in [2.24, 2.45) is 0 Å². The van der Waals surface area contributed by atoms with Crippen LogP contribution in [0.15, 0.2) is 73.1 Å². The molecule has 0 fully saturated rings. The van der Waals surface area contributed by atoms with Gasteiger partial charge in [0.15, 0.2) is 6.29 Å². The van der Waals surface area contributed by atoms with Crippen molar-refractivity contribution in [3.05, 3.63) is 84.2 Å². The zero-order valence-electron chi connectivity index (χ0n) is 17.1. The highest BCUT2D eigenvalue weighted by Crippen LogP contribution is 2.34. The molecule has 4 aromatic rings. The van der Waals surface area contributed by atoms with Crippen LogP contribution in [0.5, 0.6) is 11.5 Å². The first-order chi connectivity index (χ1) is 14.7. The number of aldehydes is 1. The van der Waals surface area contributed by atoms with Crippen molar-refractivity contribution in [3.63, 3.8) is 0 Å². The molecule has 0 saturated carbocycles. The standard InChI is InChI=1S/C25H22N2O3/c1-17-21(18-8-5-4-6-9-18)10-7-11-22(17)19-14-26-27(15-19)20-12-24(29-2)23(16-28)25(13-20)30-3/h4-16H,1-3H3. The van der Waals surface area contributed by atoms with Gasteiger partial charge in [0.05, 0.1) is 31.7 Å². The Morgan fingerprint density at radius 3 is 2.10 bits per heavy atom. The van der Waals surface area contributed by atoms with Gasteiger partial charge in [-0.25, -0.2) is 4.68 Å². The Hall–Kier alpha value is -3.86. The Morgan fingerprint density at radius 1 is 0.867 bits per heavy atom. The molecule has 1 aromatic heterocycles. The molecule has 0 unspecified atom stereocenters. The molecule has 0 aliphatic carbocycles. The fourth-order valence-corrected chi connectivity index (χ4v) is 3.66. The first-order valence-corrected chi connectivity index (χ1v) is 9.58. The maximum Gasteiger partial charge on any atom is 0.157 e. The van der Waals surface area contributed by atoms with E-state index in [1.54, 1.807) is 16.8 Å². The lowest BCUT2D eigenvalue weighted by molar-refractivity contribution is 0.111. The van der Waals surface area contributed by atoms with Crippen molar-refractivity contribution in [1.29, 1.82) is 0 Å². The number of benzene rings is 3. The van der Waals surface area contributed by atoms with Crippen molar-refractivity contribution in [2.75, 3.05) is 14.2 Å². The van der Waals surface area contributed by atoms with Gasteiger partial charge in [0.1, 0.15) is 11.5 Å². The second-order valence-corrected chi connectivity index (χ2v) is 6.90. The van der Waals surface area contributed by atoms with Crippen LogP contribution in [0.25, 0.3) is 27.9 Å². The van der Waals surface area contributed by atoms with Gasteiger partial charge in [-0.1, -0.05) is 48.5 Å². The molecule has 150 valence electrons. The van der Waals surface area contributed by atoms with Crippen molar-refractivity contribution in [3.8, 4) is 39.4 Å². The smallest absolute Gasteiger partial charge is 0.157 e. The van der Waals surface area contributed by atoms with Gasteiger partial charge >= 0.3 is 0 Å². The number of carbonyl (C=O) groups is 1. The summed E-state index contributed by atoms with van der Waals surface area (Å²) in [7, 11) is 3.05. The quantitative estimate of drug-likeness (QED) is 0.411. The second kappa shape index (κ2) is 8.25. The van der Waals surface area contributed by atoms with Crippen molar-refractivity contribution in [2.45, 2.75) is 6.92 Å². The van der Waals surface area contributed by atoms with Crippen molar-refractivity contribution >= 4 is 6.29 Å². The summed E-state index contributed by atoms with van der Waals surface area (Å²) in [4.78, 5) is 11.4. The van der Waals surface area contributed by atoms with E-state index in [-0.39, 0.29) is 0 Å². The molecular weight excluding hydrogens is 376 g/mol. The summed E-state index contributed by atoms with van der Waals surface area (Å²) in [6, 6.07) is 20.2. The van der Waals surface area contributed by atoms with Gasteiger partial charge in [0, 0.05) is 23.9 Å². The maximum atomic E-state index is 11.4. The van der Waals surface area contributed by atoms with Crippen LogP contribution in [0.4, 0.5) is 0 Å². The van der Waals surface area contributed by atoms with E-state index < -0.39 is 0 Å². The van der Waals surface area contributed by atoms with Gasteiger partial charge in [-0.15, -0.1) is 0 Å². The molecule has 0 bridgehead atoms. The summed E-state index contributed by atoms with van der Waals surface area (Å²) in [6.45, 7) is 2.12. The van der Waals surface area contributed by atoms with Crippen LogP contribution in [-0.4, -0.2) is 30.3 Å². The summed E-state index contributed by atoms with van der Waals surface area (Å²) in [6.07, 6.45) is 4.53. The number of aromatic nitrogens is 2. The molecule has 0 saturated heterocycles. The molecule has 4 rings (SSSR count). The Morgan fingerprint density at radius 2 is 1.50 bits per heavy atom. The van der Waals surface area contributed by atoms with Crippen LogP contribution in [0, 0.1) is 6.92 Å². The lowest BCUT2D eigenvalue weighted by Gasteiger charge is -2.12. The molecule has 0 radical (unpaired) electrons. The first kappa shape index (κ1) is 19.5. The average molecular weight is 398 g/mol. The summed E-state index contributed by atoms with van der Waals surface area (Å²) in [5.41, 5.74) is 6.81. The predicted molar refractivity (Wildman–Crippen MR) is 118 cm³/mol. The van der Waals surface area contributed by atoms with Crippen LogP contribution < -0.4 is 9.47 Å². The van der Waals surface area contributed by atoms with E-state index in [0.29, 0.717) is 17.1 Å². The Kier molecular flexibility index (Phi) is 5.35. The van der Waals surface area contributed by atoms with Gasteiger partial charge < -0.3 is 9.47 Å². The normalized spacial score (nSPS) is 10.6. The Labute approximate surface area is 175 Å². The predicted octanol–water partition coefficient (Wildman–Crippen LogP) is 5.34. The topological polar surface area (TPSA) is 53.4 Å². The fraction of sp³-hybridized carbons (Fsp3) is 0.120. The van der Waals surface area contributed by atoms with E-state index in [2.05, 4.69) is 42.4 Å². The van der Waals surface area contributed by atoms with E-state index in [0.717, 1.165) is 23.1 Å². The largest absolute Gasteiger partial charge is 0.496 e. The SMILES string of the molecule is COc1cc(-n2cc(-c3cccc(-c4ccccc4)c3C)cn2)cc(OC)c1C=O. The Balaban J connectivity index is 1.77. The number of carbonyl (C=O) groups excluding carboxylic acids is 1. The van der Waals surface area contributed by atoms with Crippen molar-refractivity contribution in [1.82, 2.24) is 9.78 Å². The summed E-state index contributed by atoms with van der Waals surface area (Å²) < 4.78 is 12.5. The van der Waals surface area contributed by atoms with Crippen molar-refractivity contribution < 1.29 is 14.3 Å². The minimum absolute atomic E-state index is 0.377. The third-order valence-electron chi connectivity index (χ3n) is 5.22. The highest BCUT2D eigenvalue weighted by atomic mass is 16.5. The molecule has 0 aliphatic rings. The number of nitrogens with zero attached hydrogens (tertiary/aromatic N) is 2. The molecule has 5 nitrogen and oxygen atoms in total. The van der Waals surface area contributed by atoms with Gasteiger partial charge in [-0.3, -0.25) is 4.79 Å². The average Bonchev–Trinajstić information content (AvgIpc) is 3.28. The number of hydrogen-bond donors (Lipinski definition) is 0. The zero-order valence-corrected chi connectivity index (χ0v) is 17.1. The number of methoxy groups -OCH3 is 2. The molecular formula is C25H22N2O3. The van der Waals surface area contributed by atoms with E-state index in [4.69, 9.17) is 9.47 Å². The third kappa shape index (κ3) is 3.46. The minimum atomic E-state index is 0.377. The lowest BCUT2D eigenvalue weighted by atomic mass is 9.94. The molecule has 0 spiro atoms. The van der Waals surface area contributed by atoms with Gasteiger partial charge in [-0.2, -0.15) is 5.10 Å². The summed E-state index contributed by atoms with van der Waals surface area (Å²) >= 11 is 0. The fourth-order valence-electron chi connectivity index (χ4n) is 3.66. The Bertz CT molecular complexity index is 1170. The minimum Gasteiger partial charge on any atom is -0.496 e. The van der Waals surface area contributed by atoms with Gasteiger partial charge in [0.2, 0.25) is 0 Å². The highest BCUT2D eigenvalue weighted by Gasteiger charge is 2.15. The number of ether oxygens (including phenoxy) is 2. The number of hydrogen-bond acceptors (Lipinski definition) is 4. The molecule has 1 heterocycles. The molecule has 30 heavy (non-hydrogen) atoms. The van der Waals surface area contributed by atoms with Crippen LogP contribution in [0.1, 0.15) is 15.9 Å². The van der Waals surface area contributed by atoms with Gasteiger partial charge in [-0.05, 0) is 29.2 Å². The third-order valence-corrected chi connectivity index (χ3v) is 5.22. The molecule has 0 N–H and O–H groups in total. The molecule has 0 atom stereocenters. The van der Waals surface area contributed by atoms with Gasteiger partial charge in [0.25, 0.3) is 0 Å². The second-order valence-electron chi connectivity index (χ2n) is 6.90. The van der Waals surface area contributed by atoms with Crippen LogP contribution >= 0.6 is 0 Å². The van der Waals surface area contributed by atoms with E-state index in [9.17, 15) is 4.79 Å². The van der Waals surface area contributed by atoms with E-state index >= 15 is 0 Å². The zero-order chi connectivity index (χ0) is 21.1. The molecule has 3 aromatic carbocycles. The van der Waals surface area contributed by atoms with Crippen LogP contribution in [0.2, 0.25) is 0 Å². The summed E-state index contributed by atoms with van der Waals surface area (Å²) in [5, 5.41) is 4.53. The highest BCUT2D eigenvalue weighted by molar-refractivity contribution is 5.85. The summed E-state index contributed by atoms with van der Waals surface area (Å²) in [5.74, 6) is 0.886. The monoisotopic (exact) mass is 398 g/mol. The van der Waals surface area contributed by atoms with Crippen LogP contribution in [0.3, 0.4) is 0 Å².